The van der Waals surface area contributed by atoms with E-state index in [1.54, 1.807) is 18.4 Å². The number of anilines is 2. The molecule has 0 radical (unpaired) electrons. The van der Waals surface area contributed by atoms with Crippen LogP contribution in [-0.4, -0.2) is 12.6 Å². The number of hydrogen-bond acceptors (Lipinski definition) is 4. The highest BCUT2D eigenvalue weighted by Crippen LogP contribution is 2.37. The molecule has 0 fully saturated rings. The maximum atomic E-state index is 13.1. The van der Waals surface area contributed by atoms with Crippen molar-refractivity contribution in [3.05, 3.63) is 69.0 Å². The van der Waals surface area contributed by atoms with Crippen LogP contribution in [-0.2, 0) is 27.2 Å². The Bertz CT molecular complexity index is 1250. The molecule has 0 saturated carbocycles. The van der Waals surface area contributed by atoms with Crippen LogP contribution in [0.3, 0.4) is 0 Å². The summed E-state index contributed by atoms with van der Waals surface area (Å²) in [6.07, 6.45) is -4.73. The molecule has 1 unspecified atom stereocenters. The Kier molecular flexibility index (Phi) is 6.92. The molecule has 0 aliphatic rings. The van der Waals surface area contributed by atoms with Crippen LogP contribution in [0.25, 0.3) is 0 Å². The summed E-state index contributed by atoms with van der Waals surface area (Å²) in [5.41, 5.74) is -0.536. The van der Waals surface area contributed by atoms with Gasteiger partial charge in [0.05, 0.1) is 26.9 Å². The molecule has 3 aromatic rings. The molecule has 1 aromatic heterocycles. The minimum absolute atomic E-state index is 0.0117. The average molecular weight is 529 g/mol. The molecule has 13 heteroatoms. The number of halogens is 5. The van der Waals surface area contributed by atoms with Gasteiger partial charge >= 0.3 is 6.18 Å². The lowest BCUT2D eigenvalue weighted by Gasteiger charge is -2.16. The number of benzene rings is 2. The molecule has 2 N–H and O–H groups in total. The van der Waals surface area contributed by atoms with Crippen molar-refractivity contribution in [1.29, 1.82) is 0 Å². The van der Waals surface area contributed by atoms with Crippen molar-refractivity contribution < 1.29 is 25.8 Å². The Morgan fingerprint density at radius 2 is 1.74 bits per heavy atom. The summed E-state index contributed by atoms with van der Waals surface area (Å²) < 4.78 is 82.1. The Balaban J connectivity index is 1.96. The molecule has 166 valence electrons. The van der Waals surface area contributed by atoms with E-state index in [1.165, 1.54) is 24.3 Å². The number of hydrogen-bond donors (Lipinski definition) is 2. The first-order valence-electron chi connectivity index (χ1n) is 8.30. The van der Waals surface area contributed by atoms with Crippen LogP contribution in [0.15, 0.2) is 56.9 Å². The molecule has 5 nitrogen and oxygen atoms in total. The maximum Gasteiger partial charge on any atom is 0.417 e. The first kappa shape index (κ1) is 23.9. The second-order valence-electron chi connectivity index (χ2n) is 6.19. The second kappa shape index (κ2) is 8.99. The van der Waals surface area contributed by atoms with E-state index in [0.717, 1.165) is 17.4 Å². The topological polar surface area (TPSA) is 75.3 Å². The first-order valence-corrected chi connectivity index (χ1v) is 12.6. The normalized spacial score (nSPS) is 13.1. The summed E-state index contributed by atoms with van der Waals surface area (Å²) in [6, 6.07) is 8.57. The first-order chi connectivity index (χ1) is 14.4. The second-order valence-corrected chi connectivity index (χ2v) is 11.1. The van der Waals surface area contributed by atoms with Crippen molar-refractivity contribution in [3.8, 4) is 0 Å². The molecule has 0 saturated heterocycles. The lowest BCUT2D eigenvalue weighted by Crippen LogP contribution is -2.15. The standard InChI is InChI=1S/C18H13Cl2F3N2O3S3/c1-10-7-15(16(9-14(10)20)25-31(27,28)17-3-2-6-29-17)24-30(26)11-4-5-13(19)12(8-11)18(21,22)23/h2-9,24-25H,1H3. The Morgan fingerprint density at radius 1 is 1.03 bits per heavy atom. The minimum Gasteiger partial charge on any atom is -0.299 e. The molecule has 0 aliphatic carbocycles. The summed E-state index contributed by atoms with van der Waals surface area (Å²) in [6.45, 7) is 1.64. The van der Waals surface area contributed by atoms with Crippen molar-refractivity contribution in [2.24, 2.45) is 0 Å². The molecule has 0 aliphatic heterocycles. The molecule has 1 heterocycles. The number of aryl methyl sites for hydroxylation is 1. The lowest BCUT2D eigenvalue weighted by molar-refractivity contribution is -0.137. The predicted octanol–water partition coefficient (Wildman–Crippen LogP) is 6.32. The summed E-state index contributed by atoms with van der Waals surface area (Å²) in [5.74, 6) is 0. The van der Waals surface area contributed by atoms with Gasteiger partial charge in [-0.15, -0.1) is 11.3 Å². The van der Waals surface area contributed by atoms with Gasteiger partial charge in [-0.2, -0.15) is 13.2 Å². The van der Waals surface area contributed by atoms with Crippen molar-refractivity contribution in [1.82, 2.24) is 0 Å². The zero-order chi connectivity index (χ0) is 23.0. The highest BCUT2D eigenvalue weighted by molar-refractivity contribution is 7.94. The van der Waals surface area contributed by atoms with Gasteiger partial charge in [-0.1, -0.05) is 29.3 Å². The van der Waals surface area contributed by atoms with E-state index >= 15 is 0 Å². The van der Waals surface area contributed by atoms with Crippen LogP contribution in [0, 0.1) is 6.92 Å². The molecule has 3 rings (SSSR count). The van der Waals surface area contributed by atoms with E-state index in [1.807, 2.05) is 0 Å². The van der Waals surface area contributed by atoms with Crippen molar-refractivity contribution in [2.75, 3.05) is 9.44 Å². The van der Waals surface area contributed by atoms with Crippen LogP contribution in [0.4, 0.5) is 24.5 Å². The Morgan fingerprint density at radius 3 is 2.35 bits per heavy atom. The monoisotopic (exact) mass is 528 g/mol. The van der Waals surface area contributed by atoms with Gasteiger partial charge in [0.1, 0.15) is 15.2 Å². The van der Waals surface area contributed by atoms with E-state index < -0.39 is 37.8 Å². The summed E-state index contributed by atoms with van der Waals surface area (Å²) >= 11 is 12.7. The molecule has 0 bridgehead atoms. The van der Waals surface area contributed by atoms with Gasteiger partial charge < -0.3 is 0 Å². The van der Waals surface area contributed by atoms with Gasteiger partial charge in [-0.3, -0.25) is 9.44 Å². The van der Waals surface area contributed by atoms with Crippen molar-refractivity contribution >= 4 is 66.9 Å². The molecule has 2 aromatic carbocycles. The summed E-state index contributed by atoms with van der Waals surface area (Å²) in [4.78, 5) is -0.198. The SMILES string of the molecule is Cc1cc(NS(=O)c2ccc(Cl)c(C(F)(F)F)c2)c(NS(=O)(=O)c2cccs2)cc1Cl. The molecule has 1 atom stereocenters. The summed E-state index contributed by atoms with van der Waals surface area (Å²) in [5, 5.41) is 1.30. The maximum absolute atomic E-state index is 13.1. The van der Waals surface area contributed by atoms with E-state index in [9.17, 15) is 25.8 Å². The highest BCUT2D eigenvalue weighted by atomic mass is 35.5. The predicted molar refractivity (Wildman–Crippen MR) is 118 cm³/mol. The zero-order valence-electron chi connectivity index (χ0n) is 15.5. The molecular formula is C18H13Cl2F3N2O3S3. The molecule has 0 spiro atoms. The number of nitrogens with one attached hydrogen (secondary N) is 2. The summed E-state index contributed by atoms with van der Waals surface area (Å²) in [7, 11) is -6.11. The fourth-order valence-electron chi connectivity index (χ4n) is 2.46. The van der Waals surface area contributed by atoms with Gasteiger partial charge in [-0.25, -0.2) is 12.6 Å². The van der Waals surface area contributed by atoms with Crippen LogP contribution >= 0.6 is 34.5 Å². The van der Waals surface area contributed by atoms with E-state index in [2.05, 4.69) is 9.44 Å². The van der Waals surface area contributed by atoms with E-state index in [-0.39, 0.29) is 25.5 Å². The van der Waals surface area contributed by atoms with Gasteiger partial charge in [0, 0.05) is 5.02 Å². The molecular weight excluding hydrogens is 516 g/mol. The third-order valence-corrected chi connectivity index (χ3v) is 8.55. The van der Waals surface area contributed by atoms with Crippen molar-refractivity contribution in [2.45, 2.75) is 22.2 Å². The third-order valence-electron chi connectivity index (χ3n) is 3.96. The number of thiophene rings is 1. The smallest absolute Gasteiger partial charge is 0.299 e. The van der Waals surface area contributed by atoms with Gasteiger partial charge in [-0.05, 0) is 54.3 Å². The average Bonchev–Trinajstić information content (AvgIpc) is 3.20. The van der Waals surface area contributed by atoms with Gasteiger partial charge in [0.25, 0.3) is 10.0 Å². The fourth-order valence-corrected chi connectivity index (χ4v) is 5.81. The van der Waals surface area contributed by atoms with Crippen LogP contribution in [0.1, 0.15) is 11.1 Å². The fraction of sp³-hybridized carbons (Fsp3) is 0.111. The quantitative estimate of drug-likeness (QED) is 0.393. The number of rotatable bonds is 6. The van der Waals surface area contributed by atoms with Crippen LogP contribution in [0.5, 0.6) is 0 Å². The zero-order valence-corrected chi connectivity index (χ0v) is 19.4. The Labute approximate surface area is 192 Å². The number of sulfonamides is 1. The largest absolute Gasteiger partial charge is 0.417 e. The number of alkyl halides is 3. The lowest BCUT2D eigenvalue weighted by atomic mass is 10.2. The molecule has 31 heavy (non-hydrogen) atoms. The van der Waals surface area contributed by atoms with E-state index in [4.69, 9.17) is 23.2 Å². The highest BCUT2D eigenvalue weighted by Gasteiger charge is 2.34. The van der Waals surface area contributed by atoms with Crippen LogP contribution in [0.2, 0.25) is 10.0 Å². The van der Waals surface area contributed by atoms with Crippen molar-refractivity contribution in [3.63, 3.8) is 0 Å². The minimum atomic E-state index is -4.73. The van der Waals surface area contributed by atoms with E-state index in [0.29, 0.717) is 11.6 Å². The third kappa shape index (κ3) is 5.53. The van der Waals surface area contributed by atoms with Gasteiger partial charge in [0.2, 0.25) is 0 Å². The van der Waals surface area contributed by atoms with Gasteiger partial charge in [0.15, 0.2) is 0 Å². The van der Waals surface area contributed by atoms with Crippen LogP contribution < -0.4 is 9.44 Å². The molecule has 0 amide bonds. The Hall–Kier alpha value is -1.79.